The predicted molar refractivity (Wildman–Crippen MR) is 84.2 cm³/mol. The van der Waals surface area contributed by atoms with Crippen LogP contribution in [0.1, 0.15) is 10.4 Å². The zero-order valence-corrected chi connectivity index (χ0v) is 12.0. The third-order valence-electron chi connectivity index (χ3n) is 2.71. The van der Waals surface area contributed by atoms with Gasteiger partial charge in [0.05, 0.1) is 11.3 Å². The molecule has 0 aliphatic heterocycles. The van der Waals surface area contributed by atoms with Gasteiger partial charge in [0.1, 0.15) is 0 Å². The molecule has 1 aromatic carbocycles. The maximum atomic E-state index is 11.9. The molecular formula is C14H11N3OS2. The second-order valence-corrected chi connectivity index (χ2v) is 5.76. The summed E-state index contributed by atoms with van der Waals surface area (Å²) in [6.07, 6.45) is 0. The molecule has 0 atom stereocenters. The largest absolute Gasteiger partial charge is 0.399 e. The third kappa shape index (κ3) is 2.71. The maximum Gasteiger partial charge on any atom is 0.258 e. The lowest BCUT2D eigenvalue weighted by molar-refractivity contribution is 0.102. The molecule has 0 saturated heterocycles. The van der Waals surface area contributed by atoms with Crippen molar-refractivity contribution in [3.63, 3.8) is 0 Å². The second kappa shape index (κ2) is 5.44. The van der Waals surface area contributed by atoms with Crippen molar-refractivity contribution in [1.82, 2.24) is 4.98 Å². The van der Waals surface area contributed by atoms with E-state index in [2.05, 4.69) is 10.3 Å². The summed E-state index contributed by atoms with van der Waals surface area (Å²) in [6, 6.07) is 9.27. The van der Waals surface area contributed by atoms with Crippen LogP contribution in [-0.2, 0) is 0 Å². The first kappa shape index (κ1) is 12.8. The molecule has 0 saturated carbocycles. The molecule has 0 aliphatic carbocycles. The molecule has 0 fully saturated rings. The van der Waals surface area contributed by atoms with Gasteiger partial charge in [-0.25, -0.2) is 4.98 Å². The summed E-state index contributed by atoms with van der Waals surface area (Å²) in [5, 5.41) is 8.98. The number of amides is 1. The third-order valence-corrected chi connectivity index (χ3v) is 4.16. The molecule has 0 aliphatic rings. The number of aromatic nitrogens is 1. The molecule has 20 heavy (non-hydrogen) atoms. The van der Waals surface area contributed by atoms with Gasteiger partial charge in [0.25, 0.3) is 5.91 Å². The number of anilines is 2. The van der Waals surface area contributed by atoms with Gasteiger partial charge in [0.2, 0.25) is 0 Å². The second-order valence-electron chi connectivity index (χ2n) is 4.13. The monoisotopic (exact) mass is 301 g/mol. The van der Waals surface area contributed by atoms with Gasteiger partial charge in [-0.3, -0.25) is 10.1 Å². The Bertz CT molecular complexity index is 717. The van der Waals surface area contributed by atoms with E-state index in [0.717, 1.165) is 16.9 Å². The first-order valence-corrected chi connectivity index (χ1v) is 7.69. The highest BCUT2D eigenvalue weighted by atomic mass is 32.1. The molecule has 3 N–H and O–H groups in total. The Kier molecular flexibility index (Phi) is 3.49. The number of nitrogens with one attached hydrogen (secondary N) is 1. The lowest BCUT2D eigenvalue weighted by atomic mass is 10.1. The Morgan fingerprint density at radius 2 is 1.95 bits per heavy atom. The van der Waals surface area contributed by atoms with E-state index < -0.39 is 0 Å². The standard InChI is InChI=1S/C14H11N3OS2/c15-11-3-1-9(2-4-11)12-8-20-14(16-12)17-13(18)10-5-6-19-7-10/h1-8H,15H2,(H,16,17,18). The normalized spacial score (nSPS) is 10.4. The van der Waals surface area contributed by atoms with Gasteiger partial charge >= 0.3 is 0 Å². The summed E-state index contributed by atoms with van der Waals surface area (Å²) in [7, 11) is 0. The molecule has 6 heteroatoms. The minimum absolute atomic E-state index is 0.135. The van der Waals surface area contributed by atoms with Crippen molar-refractivity contribution in [2.75, 3.05) is 11.1 Å². The van der Waals surface area contributed by atoms with E-state index in [9.17, 15) is 4.79 Å². The number of nitrogens with two attached hydrogens (primary N) is 1. The van der Waals surface area contributed by atoms with Gasteiger partial charge in [0, 0.05) is 22.0 Å². The van der Waals surface area contributed by atoms with Crippen LogP contribution in [-0.4, -0.2) is 10.9 Å². The number of hydrogen-bond donors (Lipinski definition) is 2. The average molecular weight is 301 g/mol. The first-order valence-electron chi connectivity index (χ1n) is 5.87. The van der Waals surface area contributed by atoms with Crippen LogP contribution in [0.5, 0.6) is 0 Å². The summed E-state index contributed by atoms with van der Waals surface area (Å²) in [4.78, 5) is 16.3. The van der Waals surface area contributed by atoms with Crippen molar-refractivity contribution >= 4 is 39.4 Å². The fraction of sp³-hybridized carbons (Fsp3) is 0. The van der Waals surface area contributed by atoms with Crippen LogP contribution in [0.25, 0.3) is 11.3 Å². The number of hydrogen-bond acceptors (Lipinski definition) is 5. The SMILES string of the molecule is Nc1ccc(-c2csc(NC(=O)c3ccsc3)n2)cc1. The number of carbonyl (C=O) groups is 1. The van der Waals surface area contributed by atoms with Crippen LogP contribution in [0, 0.1) is 0 Å². The van der Waals surface area contributed by atoms with Gasteiger partial charge < -0.3 is 5.73 Å². The summed E-state index contributed by atoms with van der Waals surface area (Å²) < 4.78 is 0. The maximum absolute atomic E-state index is 11.9. The number of thiazole rings is 1. The van der Waals surface area contributed by atoms with E-state index in [0.29, 0.717) is 10.7 Å². The van der Waals surface area contributed by atoms with Crippen LogP contribution in [0.4, 0.5) is 10.8 Å². The molecule has 3 rings (SSSR count). The minimum Gasteiger partial charge on any atom is -0.399 e. The number of carbonyl (C=O) groups excluding carboxylic acids is 1. The highest BCUT2D eigenvalue weighted by molar-refractivity contribution is 7.14. The fourth-order valence-electron chi connectivity index (χ4n) is 1.68. The molecule has 0 spiro atoms. The average Bonchev–Trinajstić information content (AvgIpc) is 3.10. The van der Waals surface area contributed by atoms with Crippen molar-refractivity contribution in [3.8, 4) is 11.3 Å². The number of benzene rings is 1. The molecule has 2 aromatic heterocycles. The number of rotatable bonds is 3. The Morgan fingerprint density at radius 3 is 2.65 bits per heavy atom. The smallest absolute Gasteiger partial charge is 0.258 e. The van der Waals surface area contributed by atoms with Crippen LogP contribution in [0.3, 0.4) is 0 Å². The highest BCUT2D eigenvalue weighted by Crippen LogP contribution is 2.25. The lowest BCUT2D eigenvalue weighted by Gasteiger charge is -1.99. The quantitative estimate of drug-likeness (QED) is 0.725. The number of nitrogen functional groups attached to an aromatic ring is 1. The van der Waals surface area contributed by atoms with Crippen molar-refractivity contribution in [3.05, 3.63) is 52.0 Å². The van der Waals surface area contributed by atoms with Crippen LogP contribution in [0.2, 0.25) is 0 Å². The predicted octanol–water partition coefficient (Wildman–Crippen LogP) is 3.71. The molecule has 0 radical (unpaired) electrons. The summed E-state index contributed by atoms with van der Waals surface area (Å²) in [6.45, 7) is 0. The van der Waals surface area contributed by atoms with Gasteiger partial charge in [-0.15, -0.1) is 11.3 Å². The topological polar surface area (TPSA) is 68.0 Å². The van der Waals surface area contributed by atoms with Gasteiger partial charge in [0.15, 0.2) is 5.13 Å². The summed E-state index contributed by atoms with van der Waals surface area (Å²) >= 11 is 2.90. The Morgan fingerprint density at radius 1 is 1.15 bits per heavy atom. The van der Waals surface area contributed by atoms with E-state index in [-0.39, 0.29) is 5.91 Å². The van der Waals surface area contributed by atoms with Crippen molar-refractivity contribution in [1.29, 1.82) is 0 Å². The van der Waals surface area contributed by atoms with E-state index >= 15 is 0 Å². The van der Waals surface area contributed by atoms with E-state index in [1.165, 1.54) is 22.7 Å². The van der Waals surface area contributed by atoms with Gasteiger partial charge in [-0.05, 0) is 23.6 Å². The lowest BCUT2D eigenvalue weighted by Crippen LogP contribution is -2.10. The van der Waals surface area contributed by atoms with E-state index in [1.54, 1.807) is 6.07 Å². The zero-order chi connectivity index (χ0) is 13.9. The number of nitrogens with zero attached hydrogens (tertiary/aromatic N) is 1. The van der Waals surface area contributed by atoms with Gasteiger partial charge in [-0.1, -0.05) is 12.1 Å². The summed E-state index contributed by atoms with van der Waals surface area (Å²) in [5.41, 5.74) is 8.83. The molecular weight excluding hydrogens is 290 g/mol. The zero-order valence-electron chi connectivity index (χ0n) is 10.4. The molecule has 1 amide bonds. The Labute approximate surface area is 123 Å². The molecule has 100 valence electrons. The van der Waals surface area contributed by atoms with Crippen LogP contribution < -0.4 is 11.1 Å². The molecule has 0 bridgehead atoms. The van der Waals surface area contributed by atoms with E-state index in [1.807, 2.05) is 40.4 Å². The molecule has 0 unspecified atom stereocenters. The van der Waals surface area contributed by atoms with Crippen molar-refractivity contribution in [2.45, 2.75) is 0 Å². The Balaban J connectivity index is 1.77. The first-order chi connectivity index (χ1) is 9.72. The summed E-state index contributed by atoms with van der Waals surface area (Å²) in [5.74, 6) is -0.135. The van der Waals surface area contributed by atoms with Gasteiger partial charge in [-0.2, -0.15) is 11.3 Å². The molecule has 4 nitrogen and oxygen atoms in total. The molecule has 3 aromatic rings. The van der Waals surface area contributed by atoms with Crippen LogP contribution >= 0.6 is 22.7 Å². The number of thiophene rings is 1. The van der Waals surface area contributed by atoms with Crippen LogP contribution in [0.15, 0.2) is 46.5 Å². The fourth-order valence-corrected chi connectivity index (χ4v) is 3.03. The molecule has 2 heterocycles. The van der Waals surface area contributed by atoms with E-state index in [4.69, 9.17) is 5.73 Å². The van der Waals surface area contributed by atoms with Crippen molar-refractivity contribution in [2.24, 2.45) is 0 Å². The minimum atomic E-state index is -0.135. The Hall–Kier alpha value is -2.18. The van der Waals surface area contributed by atoms with Crippen molar-refractivity contribution < 1.29 is 4.79 Å². The highest BCUT2D eigenvalue weighted by Gasteiger charge is 2.10.